The van der Waals surface area contributed by atoms with Gasteiger partial charge in [0.15, 0.2) is 0 Å². The molecule has 0 unspecified atom stereocenters. The van der Waals surface area contributed by atoms with Crippen LogP contribution in [0.15, 0.2) is 43.2 Å². The summed E-state index contributed by atoms with van der Waals surface area (Å²) in [5.74, 6) is -0.282. The molecule has 0 atom stereocenters. The van der Waals surface area contributed by atoms with Gasteiger partial charge in [0.05, 0.1) is 18.4 Å². The van der Waals surface area contributed by atoms with E-state index in [0.717, 1.165) is 17.7 Å². The van der Waals surface area contributed by atoms with Crippen LogP contribution >= 0.6 is 0 Å². The lowest BCUT2D eigenvalue weighted by Gasteiger charge is -2.06. The molecule has 2 aromatic rings. The van der Waals surface area contributed by atoms with Crippen LogP contribution in [0.4, 0.5) is 5.69 Å². The highest BCUT2D eigenvalue weighted by Crippen LogP contribution is 2.12. The van der Waals surface area contributed by atoms with E-state index in [4.69, 9.17) is 4.74 Å². The van der Waals surface area contributed by atoms with E-state index < -0.39 is 0 Å². The zero-order valence-corrected chi connectivity index (χ0v) is 12.1. The Morgan fingerprint density at radius 3 is 2.81 bits per heavy atom. The van der Waals surface area contributed by atoms with Crippen molar-refractivity contribution >= 4 is 17.9 Å². The van der Waals surface area contributed by atoms with Gasteiger partial charge in [0.1, 0.15) is 0 Å². The van der Waals surface area contributed by atoms with Crippen LogP contribution in [0, 0.1) is 0 Å². The average Bonchev–Trinajstić information content (AvgIpc) is 2.99. The minimum Gasteiger partial charge on any atom is -0.462 e. The van der Waals surface area contributed by atoms with E-state index in [1.54, 1.807) is 29.2 Å². The second kappa shape index (κ2) is 7.28. The summed E-state index contributed by atoms with van der Waals surface area (Å²) in [4.78, 5) is 11.7. The van der Waals surface area contributed by atoms with Crippen LogP contribution in [0.25, 0.3) is 6.20 Å². The predicted molar refractivity (Wildman–Crippen MR) is 83.0 cm³/mol. The summed E-state index contributed by atoms with van der Waals surface area (Å²) < 4.78 is 6.74. The lowest BCUT2D eigenvalue weighted by atomic mass is 10.2. The molecule has 5 nitrogen and oxygen atoms in total. The first-order valence-corrected chi connectivity index (χ1v) is 6.89. The molecule has 0 spiro atoms. The second-order valence-corrected chi connectivity index (χ2v) is 4.58. The van der Waals surface area contributed by atoms with Gasteiger partial charge in [-0.15, -0.1) is 0 Å². The van der Waals surface area contributed by atoms with Gasteiger partial charge >= 0.3 is 5.97 Å². The van der Waals surface area contributed by atoms with Gasteiger partial charge in [0.25, 0.3) is 0 Å². The summed E-state index contributed by atoms with van der Waals surface area (Å²) in [6, 6.07) is 7.24. The van der Waals surface area contributed by atoms with Crippen LogP contribution in [-0.2, 0) is 11.3 Å². The SMILES string of the molecule is C=Cn1cc(CNc2ccc(C(=O)OCCC)cc2)cn1. The molecule has 1 aromatic carbocycles. The number of hydrogen-bond acceptors (Lipinski definition) is 4. The van der Waals surface area contributed by atoms with Gasteiger partial charge in [-0.3, -0.25) is 0 Å². The number of rotatable bonds is 7. The molecule has 0 fully saturated rings. The average molecular weight is 285 g/mol. The van der Waals surface area contributed by atoms with Crippen LogP contribution < -0.4 is 5.32 Å². The van der Waals surface area contributed by atoms with E-state index in [0.29, 0.717) is 18.7 Å². The monoisotopic (exact) mass is 285 g/mol. The Hall–Kier alpha value is -2.56. The summed E-state index contributed by atoms with van der Waals surface area (Å²) >= 11 is 0. The number of ether oxygens (including phenoxy) is 1. The molecule has 0 amide bonds. The molecule has 2 rings (SSSR count). The number of benzene rings is 1. The fourth-order valence-electron chi connectivity index (χ4n) is 1.77. The Morgan fingerprint density at radius 1 is 1.43 bits per heavy atom. The normalized spacial score (nSPS) is 10.1. The fourth-order valence-corrected chi connectivity index (χ4v) is 1.77. The molecule has 110 valence electrons. The molecular formula is C16H19N3O2. The van der Waals surface area contributed by atoms with Crippen LogP contribution in [0.1, 0.15) is 29.3 Å². The maximum Gasteiger partial charge on any atom is 0.338 e. The Labute approximate surface area is 124 Å². The van der Waals surface area contributed by atoms with Gasteiger partial charge in [-0.2, -0.15) is 5.10 Å². The summed E-state index contributed by atoms with van der Waals surface area (Å²) in [6.07, 6.45) is 6.14. The molecule has 1 N–H and O–H groups in total. The minimum atomic E-state index is -0.282. The first-order chi connectivity index (χ1) is 10.2. The maximum absolute atomic E-state index is 11.7. The van der Waals surface area contributed by atoms with Crippen molar-refractivity contribution in [1.29, 1.82) is 0 Å². The Morgan fingerprint density at radius 2 is 2.19 bits per heavy atom. The molecule has 0 aliphatic carbocycles. The number of hydrogen-bond donors (Lipinski definition) is 1. The van der Waals surface area contributed by atoms with Crippen molar-refractivity contribution < 1.29 is 9.53 Å². The summed E-state index contributed by atoms with van der Waals surface area (Å²) in [7, 11) is 0. The van der Waals surface area contributed by atoms with Crippen LogP contribution in [0.5, 0.6) is 0 Å². The topological polar surface area (TPSA) is 56.2 Å². The fraction of sp³-hybridized carbons (Fsp3) is 0.250. The Kier molecular flexibility index (Phi) is 5.15. The van der Waals surface area contributed by atoms with Crippen molar-refractivity contribution in [3.63, 3.8) is 0 Å². The summed E-state index contributed by atoms with van der Waals surface area (Å²) in [5.41, 5.74) is 2.56. The van der Waals surface area contributed by atoms with Gasteiger partial charge in [-0.1, -0.05) is 13.5 Å². The Balaban J connectivity index is 1.90. The lowest BCUT2D eigenvalue weighted by molar-refractivity contribution is 0.0505. The smallest absolute Gasteiger partial charge is 0.338 e. The molecule has 0 saturated heterocycles. The first-order valence-electron chi connectivity index (χ1n) is 6.89. The first kappa shape index (κ1) is 14.8. The number of aromatic nitrogens is 2. The highest BCUT2D eigenvalue weighted by molar-refractivity contribution is 5.89. The largest absolute Gasteiger partial charge is 0.462 e. The minimum absolute atomic E-state index is 0.282. The van der Waals surface area contributed by atoms with Crippen LogP contribution in [0.2, 0.25) is 0 Å². The number of esters is 1. The molecular weight excluding hydrogens is 266 g/mol. The molecule has 0 saturated carbocycles. The number of nitrogens with one attached hydrogen (secondary N) is 1. The van der Waals surface area contributed by atoms with Gasteiger partial charge < -0.3 is 10.1 Å². The molecule has 5 heteroatoms. The van der Waals surface area contributed by atoms with E-state index in [-0.39, 0.29) is 5.97 Å². The van der Waals surface area contributed by atoms with Crippen molar-refractivity contribution in [1.82, 2.24) is 9.78 Å². The van der Waals surface area contributed by atoms with Crippen molar-refractivity contribution in [2.75, 3.05) is 11.9 Å². The highest BCUT2D eigenvalue weighted by Gasteiger charge is 2.06. The third-order valence-corrected chi connectivity index (χ3v) is 2.90. The molecule has 1 aromatic heterocycles. The lowest BCUT2D eigenvalue weighted by Crippen LogP contribution is -2.06. The molecule has 0 radical (unpaired) electrons. The maximum atomic E-state index is 11.7. The standard InChI is InChI=1S/C16H19N3O2/c1-3-9-21-16(20)14-5-7-15(8-6-14)17-10-13-11-18-19(4-2)12-13/h4-8,11-12,17H,2-3,9-10H2,1H3. The van der Waals surface area contributed by atoms with Crippen molar-refractivity contribution in [2.45, 2.75) is 19.9 Å². The van der Waals surface area contributed by atoms with Crippen molar-refractivity contribution in [3.8, 4) is 0 Å². The zero-order valence-electron chi connectivity index (χ0n) is 12.1. The number of anilines is 1. The third-order valence-electron chi connectivity index (χ3n) is 2.90. The molecule has 21 heavy (non-hydrogen) atoms. The van der Waals surface area contributed by atoms with Gasteiger partial charge in [0, 0.05) is 30.2 Å². The zero-order chi connectivity index (χ0) is 15.1. The van der Waals surface area contributed by atoms with E-state index >= 15 is 0 Å². The predicted octanol–water partition coefficient (Wildman–Crippen LogP) is 3.16. The molecule has 0 aliphatic rings. The van der Waals surface area contributed by atoms with Crippen LogP contribution in [0.3, 0.4) is 0 Å². The van der Waals surface area contributed by atoms with E-state index in [9.17, 15) is 4.79 Å². The summed E-state index contributed by atoms with van der Waals surface area (Å²) in [5, 5.41) is 7.38. The van der Waals surface area contributed by atoms with Crippen molar-refractivity contribution in [3.05, 3.63) is 54.4 Å². The molecule has 1 heterocycles. The number of nitrogens with zero attached hydrogens (tertiary/aromatic N) is 2. The highest BCUT2D eigenvalue weighted by atomic mass is 16.5. The number of carbonyl (C=O) groups is 1. The van der Waals surface area contributed by atoms with Gasteiger partial charge in [0.2, 0.25) is 0 Å². The van der Waals surface area contributed by atoms with E-state index in [1.807, 2.05) is 25.3 Å². The number of carbonyl (C=O) groups excluding carboxylic acids is 1. The van der Waals surface area contributed by atoms with Gasteiger partial charge in [-0.05, 0) is 30.7 Å². The Bertz CT molecular complexity index is 602. The molecule has 0 aliphatic heterocycles. The second-order valence-electron chi connectivity index (χ2n) is 4.58. The van der Waals surface area contributed by atoms with E-state index in [2.05, 4.69) is 17.0 Å². The summed E-state index contributed by atoms with van der Waals surface area (Å²) in [6.45, 7) is 6.72. The quantitative estimate of drug-likeness (QED) is 0.794. The van der Waals surface area contributed by atoms with E-state index in [1.165, 1.54) is 0 Å². The molecule has 0 bridgehead atoms. The van der Waals surface area contributed by atoms with Crippen LogP contribution in [-0.4, -0.2) is 22.4 Å². The van der Waals surface area contributed by atoms with Crippen molar-refractivity contribution in [2.24, 2.45) is 0 Å². The third kappa shape index (κ3) is 4.21. The van der Waals surface area contributed by atoms with Gasteiger partial charge in [-0.25, -0.2) is 9.48 Å².